The van der Waals surface area contributed by atoms with Crippen molar-refractivity contribution in [2.75, 3.05) is 39.1 Å². The molecule has 2 heterocycles. The van der Waals surface area contributed by atoms with E-state index in [9.17, 15) is 9.00 Å². The number of hydrogen-bond donors (Lipinski definition) is 1. The summed E-state index contributed by atoms with van der Waals surface area (Å²) in [6.07, 6.45) is 2.42. The Balaban J connectivity index is 1.54. The number of fused-ring (bicyclic) bond motifs is 1. The number of nitrogens with one attached hydrogen (secondary N) is 1. The maximum absolute atomic E-state index is 12.5. The van der Waals surface area contributed by atoms with Crippen molar-refractivity contribution in [3.8, 4) is 11.5 Å². The highest BCUT2D eigenvalue weighted by Gasteiger charge is 2.23. The Labute approximate surface area is 145 Å². The highest BCUT2D eigenvalue weighted by Crippen LogP contribution is 2.31. The molecular weight excluding hydrogens is 328 g/mol. The summed E-state index contributed by atoms with van der Waals surface area (Å²) in [5, 5.41) is 3.23. The second kappa shape index (κ2) is 7.98. The second-order valence-electron chi connectivity index (χ2n) is 6.07. The van der Waals surface area contributed by atoms with Gasteiger partial charge in [0.05, 0.1) is 10.8 Å². The van der Waals surface area contributed by atoms with Crippen LogP contribution in [0.15, 0.2) is 23.1 Å². The van der Waals surface area contributed by atoms with Gasteiger partial charge in [-0.05, 0) is 32.0 Å². The zero-order valence-electron chi connectivity index (χ0n) is 14.0. The van der Waals surface area contributed by atoms with Gasteiger partial charge in [-0.1, -0.05) is 0 Å². The van der Waals surface area contributed by atoms with Crippen molar-refractivity contribution in [2.24, 2.45) is 0 Å². The minimum absolute atomic E-state index is 0.0841. The molecule has 0 saturated carbocycles. The maximum atomic E-state index is 12.5. The molecule has 0 bridgehead atoms. The van der Waals surface area contributed by atoms with Crippen LogP contribution in [-0.4, -0.2) is 60.2 Å². The zero-order chi connectivity index (χ0) is 16.9. The third kappa shape index (κ3) is 4.08. The number of carbonyl (C=O) groups is 1. The number of piperidine rings is 1. The summed E-state index contributed by atoms with van der Waals surface area (Å²) in [5.41, 5.74) is 0. The maximum Gasteiger partial charge on any atom is 0.223 e. The van der Waals surface area contributed by atoms with Crippen molar-refractivity contribution >= 4 is 16.7 Å². The number of carbonyl (C=O) groups excluding carboxylic acids is 1. The minimum Gasteiger partial charge on any atom is -0.486 e. The van der Waals surface area contributed by atoms with Gasteiger partial charge in [0, 0.05) is 42.3 Å². The van der Waals surface area contributed by atoms with Gasteiger partial charge >= 0.3 is 0 Å². The second-order valence-corrected chi connectivity index (χ2v) is 7.64. The molecule has 24 heavy (non-hydrogen) atoms. The number of likely N-dealkylation sites (tertiary alicyclic amines) is 1. The first-order chi connectivity index (χ1) is 11.7. The number of likely N-dealkylation sites (N-methyl/N-ethyl adjacent to an activating group) is 1. The van der Waals surface area contributed by atoms with E-state index in [1.807, 2.05) is 11.9 Å². The van der Waals surface area contributed by atoms with Gasteiger partial charge in [-0.15, -0.1) is 0 Å². The fraction of sp³-hybridized carbons (Fsp3) is 0.588. The van der Waals surface area contributed by atoms with Gasteiger partial charge in [-0.25, -0.2) is 0 Å². The van der Waals surface area contributed by atoms with Gasteiger partial charge < -0.3 is 19.7 Å². The van der Waals surface area contributed by atoms with E-state index in [0.29, 0.717) is 47.8 Å². The number of benzene rings is 1. The molecule has 0 spiro atoms. The molecule has 1 aromatic carbocycles. The number of ether oxygens (including phenoxy) is 2. The highest BCUT2D eigenvalue weighted by molar-refractivity contribution is 7.85. The van der Waals surface area contributed by atoms with E-state index >= 15 is 0 Å². The molecule has 1 N–H and O–H groups in total. The standard InChI is InChI=1S/C17H24N2O4S/c1-18-13-3-2-7-19(12-13)17(20)6-10-24(21)14-4-5-15-16(11-14)23-9-8-22-15/h4-5,11,13,18H,2-3,6-10,12H2,1H3. The third-order valence-electron chi connectivity index (χ3n) is 4.46. The number of amides is 1. The Hall–Kier alpha value is -1.60. The van der Waals surface area contributed by atoms with Crippen molar-refractivity contribution in [1.29, 1.82) is 0 Å². The average molecular weight is 352 g/mol. The number of rotatable bonds is 5. The van der Waals surface area contributed by atoms with Gasteiger partial charge in [-0.2, -0.15) is 0 Å². The molecule has 2 aliphatic rings. The average Bonchev–Trinajstić information content (AvgIpc) is 2.65. The van der Waals surface area contributed by atoms with Crippen molar-refractivity contribution in [1.82, 2.24) is 10.2 Å². The summed E-state index contributed by atoms with van der Waals surface area (Å²) in [4.78, 5) is 14.9. The molecule has 0 radical (unpaired) electrons. The molecule has 0 aromatic heterocycles. The van der Waals surface area contributed by atoms with Crippen molar-refractivity contribution in [2.45, 2.75) is 30.2 Å². The van der Waals surface area contributed by atoms with Crippen LogP contribution in [-0.2, 0) is 15.6 Å². The fourth-order valence-corrected chi connectivity index (χ4v) is 4.11. The number of hydrogen-bond acceptors (Lipinski definition) is 5. The molecule has 7 heteroatoms. The van der Waals surface area contributed by atoms with Crippen LogP contribution in [0.4, 0.5) is 0 Å². The molecule has 2 atom stereocenters. The summed E-state index contributed by atoms with van der Waals surface area (Å²) < 4.78 is 23.5. The van der Waals surface area contributed by atoms with E-state index in [2.05, 4.69) is 5.32 Å². The molecule has 1 amide bonds. The molecule has 2 aliphatic heterocycles. The summed E-state index contributed by atoms with van der Waals surface area (Å²) in [7, 11) is 0.710. The first-order valence-corrected chi connectivity index (χ1v) is 9.72. The third-order valence-corrected chi connectivity index (χ3v) is 5.81. The first kappa shape index (κ1) is 17.2. The summed E-state index contributed by atoms with van der Waals surface area (Å²) in [6, 6.07) is 5.69. The topological polar surface area (TPSA) is 67.9 Å². The van der Waals surface area contributed by atoms with E-state index in [1.165, 1.54) is 0 Å². The Morgan fingerprint density at radius 3 is 2.92 bits per heavy atom. The van der Waals surface area contributed by atoms with E-state index in [1.54, 1.807) is 18.2 Å². The largest absolute Gasteiger partial charge is 0.486 e. The molecule has 3 rings (SSSR count). The van der Waals surface area contributed by atoms with Gasteiger partial charge in [0.1, 0.15) is 13.2 Å². The first-order valence-electron chi connectivity index (χ1n) is 8.40. The SMILES string of the molecule is CNC1CCCN(C(=O)CCS(=O)c2ccc3c(c2)OCCO3)C1. The Morgan fingerprint density at radius 1 is 1.33 bits per heavy atom. The van der Waals surface area contributed by atoms with Crippen LogP contribution >= 0.6 is 0 Å². The summed E-state index contributed by atoms with van der Waals surface area (Å²) >= 11 is 0. The molecule has 0 aliphatic carbocycles. The van der Waals surface area contributed by atoms with Gasteiger partial charge in [0.2, 0.25) is 5.91 Å². The Bertz CT molecular complexity index is 623. The summed E-state index contributed by atoms with van der Waals surface area (Å²) in [5.74, 6) is 1.73. The lowest BCUT2D eigenvalue weighted by Crippen LogP contribution is -2.47. The van der Waals surface area contributed by atoms with Crippen LogP contribution in [0.2, 0.25) is 0 Å². The lowest BCUT2D eigenvalue weighted by Gasteiger charge is -2.32. The normalized spacial score (nSPS) is 21.4. The van der Waals surface area contributed by atoms with Crippen LogP contribution in [0.5, 0.6) is 11.5 Å². The van der Waals surface area contributed by atoms with Gasteiger partial charge in [0.15, 0.2) is 11.5 Å². The zero-order valence-corrected chi connectivity index (χ0v) is 14.8. The molecule has 1 saturated heterocycles. The van der Waals surface area contributed by atoms with Gasteiger partial charge in [0.25, 0.3) is 0 Å². The van der Waals surface area contributed by atoms with Gasteiger partial charge in [-0.3, -0.25) is 9.00 Å². The van der Waals surface area contributed by atoms with Crippen molar-refractivity contribution in [3.63, 3.8) is 0 Å². The molecule has 6 nitrogen and oxygen atoms in total. The summed E-state index contributed by atoms with van der Waals surface area (Å²) in [6.45, 7) is 2.58. The monoisotopic (exact) mass is 352 g/mol. The fourth-order valence-electron chi connectivity index (χ4n) is 3.06. The quantitative estimate of drug-likeness (QED) is 0.861. The van der Waals surface area contributed by atoms with E-state index < -0.39 is 10.8 Å². The highest BCUT2D eigenvalue weighted by atomic mass is 32.2. The predicted octanol–water partition coefficient (Wildman–Crippen LogP) is 1.17. The van der Waals surface area contributed by atoms with Crippen LogP contribution < -0.4 is 14.8 Å². The number of nitrogens with zero attached hydrogens (tertiary/aromatic N) is 1. The van der Waals surface area contributed by atoms with Crippen molar-refractivity contribution < 1.29 is 18.5 Å². The lowest BCUT2D eigenvalue weighted by molar-refractivity contribution is -0.132. The van der Waals surface area contributed by atoms with Crippen molar-refractivity contribution in [3.05, 3.63) is 18.2 Å². The lowest BCUT2D eigenvalue weighted by atomic mass is 10.1. The van der Waals surface area contributed by atoms with Crippen LogP contribution in [0.1, 0.15) is 19.3 Å². The minimum atomic E-state index is -1.22. The van der Waals surface area contributed by atoms with Crippen LogP contribution in [0, 0.1) is 0 Å². The van der Waals surface area contributed by atoms with E-state index in [4.69, 9.17) is 9.47 Å². The molecule has 132 valence electrons. The molecular formula is C17H24N2O4S. The molecule has 1 fully saturated rings. The molecule has 1 aromatic rings. The van der Waals surface area contributed by atoms with Crippen LogP contribution in [0.25, 0.3) is 0 Å². The van der Waals surface area contributed by atoms with Crippen LogP contribution in [0.3, 0.4) is 0 Å². The van der Waals surface area contributed by atoms with E-state index in [-0.39, 0.29) is 5.91 Å². The van der Waals surface area contributed by atoms with E-state index in [0.717, 1.165) is 25.9 Å². The Morgan fingerprint density at radius 2 is 2.12 bits per heavy atom. The smallest absolute Gasteiger partial charge is 0.223 e. The Kier molecular flexibility index (Phi) is 5.73. The predicted molar refractivity (Wildman–Crippen MR) is 92.0 cm³/mol. The molecule has 2 unspecified atom stereocenters.